The number of rotatable bonds is 6. The van der Waals surface area contributed by atoms with Gasteiger partial charge in [-0.15, -0.1) is 0 Å². The first kappa shape index (κ1) is 15.1. The zero-order chi connectivity index (χ0) is 15.3. The maximum absolute atomic E-state index is 11.7. The van der Waals surface area contributed by atoms with Crippen molar-refractivity contribution in [3.05, 3.63) is 32.6 Å². The summed E-state index contributed by atoms with van der Waals surface area (Å²) in [5, 5.41) is 10.9. The Morgan fingerprint density at radius 2 is 2.00 bits per heavy atom. The molecule has 0 fully saturated rings. The van der Waals surface area contributed by atoms with Crippen molar-refractivity contribution < 1.29 is 19.5 Å². The molecule has 0 aromatic carbocycles. The van der Waals surface area contributed by atoms with Gasteiger partial charge in [-0.1, -0.05) is 0 Å². The highest BCUT2D eigenvalue weighted by Crippen LogP contribution is 1.99. The van der Waals surface area contributed by atoms with Crippen LogP contribution in [-0.2, 0) is 9.59 Å². The second-order valence-corrected chi connectivity index (χ2v) is 3.85. The monoisotopic (exact) mass is 284 g/mol. The van der Waals surface area contributed by atoms with E-state index in [-0.39, 0.29) is 12.8 Å². The molecule has 1 heterocycles. The molecule has 10 nitrogen and oxygen atoms in total. The number of carbonyl (C=O) groups is 3. The van der Waals surface area contributed by atoms with Crippen molar-refractivity contribution in [3.63, 3.8) is 0 Å². The van der Waals surface area contributed by atoms with Crippen LogP contribution in [0.3, 0.4) is 0 Å². The van der Waals surface area contributed by atoms with Crippen molar-refractivity contribution in [1.29, 1.82) is 0 Å². The fraction of sp³-hybridized carbons (Fsp3) is 0.300. The minimum absolute atomic E-state index is 0.211. The number of aliphatic carboxylic acids is 1. The van der Waals surface area contributed by atoms with Crippen LogP contribution in [0, 0.1) is 0 Å². The van der Waals surface area contributed by atoms with Crippen LogP contribution in [0.4, 0.5) is 0 Å². The Hall–Kier alpha value is -2.91. The van der Waals surface area contributed by atoms with Crippen LogP contribution in [-0.4, -0.2) is 38.9 Å². The van der Waals surface area contributed by atoms with Crippen LogP contribution in [0.2, 0.25) is 0 Å². The van der Waals surface area contributed by atoms with Gasteiger partial charge in [-0.2, -0.15) is 0 Å². The number of hydrogen-bond acceptors (Lipinski definition) is 5. The van der Waals surface area contributed by atoms with Crippen LogP contribution in [0.1, 0.15) is 23.2 Å². The van der Waals surface area contributed by atoms with Gasteiger partial charge in [0.2, 0.25) is 5.91 Å². The lowest BCUT2D eigenvalue weighted by molar-refractivity contribution is -0.139. The molecule has 1 aromatic rings. The molecule has 1 aromatic heterocycles. The van der Waals surface area contributed by atoms with Gasteiger partial charge >= 0.3 is 11.7 Å². The Balaban J connectivity index is 2.85. The summed E-state index contributed by atoms with van der Waals surface area (Å²) in [4.78, 5) is 59.2. The van der Waals surface area contributed by atoms with Crippen molar-refractivity contribution in [2.45, 2.75) is 18.9 Å². The van der Waals surface area contributed by atoms with Crippen LogP contribution < -0.4 is 22.3 Å². The number of amides is 2. The Bertz CT molecular complexity index is 646. The topological polar surface area (TPSA) is 175 Å². The molecule has 0 bridgehead atoms. The lowest BCUT2D eigenvalue weighted by Gasteiger charge is -2.13. The number of aromatic nitrogens is 2. The molecule has 6 N–H and O–H groups in total. The van der Waals surface area contributed by atoms with Gasteiger partial charge in [0, 0.05) is 12.6 Å². The first-order valence-corrected chi connectivity index (χ1v) is 5.45. The standard InChI is InChI=1S/C10H12N4O6/c11-6(15)2-1-5(9(18)19)13-7(16)4-3-12-10(20)14-8(4)17/h3,5H,1-2H2,(H2,11,15)(H,13,16)(H,18,19)(H2,12,14,17,20)/t5-/m1/s1. The number of aromatic amines is 2. The fourth-order valence-electron chi connectivity index (χ4n) is 1.36. The quantitative estimate of drug-likeness (QED) is 0.386. The number of carbonyl (C=O) groups excluding carboxylic acids is 2. The van der Waals surface area contributed by atoms with Gasteiger partial charge in [-0.05, 0) is 6.42 Å². The molecule has 1 rings (SSSR count). The number of hydrogen-bond donors (Lipinski definition) is 5. The van der Waals surface area contributed by atoms with E-state index in [1.165, 1.54) is 0 Å². The first-order chi connectivity index (χ1) is 9.31. The minimum Gasteiger partial charge on any atom is -0.480 e. The Kier molecular flexibility index (Phi) is 4.78. The van der Waals surface area contributed by atoms with Crippen molar-refractivity contribution >= 4 is 17.8 Å². The van der Waals surface area contributed by atoms with Gasteiger partial charge in [-0.3, -0.25) is 19.4 Å². The molecule has 0 aliphatic rings. The molecule has 108 valence electrons. The van der Waals surface area contributed by atoms with E-state index in [0.29, 0.717) is 0 Å². The van der Waals surface area contributed by atoms with Gasteiger partial charge in [0.1, 0.15) is 11.6 Å². The van der Waals surface area contributed by atoms with E-state index in [0.717, 1.165) is 6.20 Å². The van der Waals surface area contributed by atoms with Gasteiger partial charge in [0.05, 0.1) is 0 Å². The summed E-state index contributed by atoms with van der Waals surface area (Å²) in [5.74, 6) is -3.08. The Labute approximate surface area is 111 Å². The summed E-state index contributed by atoms with van der Waals surface area (Å²) >= 11 is 0. The summed E-state index contributed by atoms with van der Waals surface area (Å²) in [7, 11) is 0. The van der Waals surface area contributed by atoms with Gasteiger partial charge in [0.15, 0.2) is 0 Å². The molecule has 0 saturated heterocycles. The molecule has 0 saturated carbocycles. The number of nitrogens with one attached hydrogen (secondary N) is 3. The smallest absolute Gasteiger partial charge is 0.326 e. The Morgan fingerprint density at radius 1 is 1.35 bits per heavy atom. The van der Waals surface area contributed by atoms with Crippen LogP contribution in [0.15, 0.2) is 15.8 Å². The van der Waals surface area contributed by atoms with Crippen LogP contribution >= 0.6 is 0 Å². The molecule has 20 heavy (non-hydrogen) atoms. The molecule has 0 spiro atoms. The van der Waals surface area contributed by atoms with Crippen molar-refractivity contribution in [3.8, 4) is 0 Å². The normalized spacial score (nSPS) is 11.6. The van der Waals surface area contributed by atoms with E-state index < -0.39 is 40.6 Å². The third-order valence-corrected chi connectivity index (χ3v) is 2.35. The van der Waals surface area contributed by atoms with Crippen LogP contribution in [0.5, 0.6) is 0 Å². The van der Waals surface area contributed by atoms with E-state index in [1.807, 2.05) is 4.98 Å². The predicted octanol–water partition coefficient (Wildman–Crippen LogP) is -2.49. The zero-order valence-corrected chi connectivity index (χ0v) is 10.1. The summed E-state index contributed by atoms with van der Waals surface area (Å²) in [6.45, 7) is 0. The zero-order valence-electron chi connectivity index (χ0n) is 10.1. The molecule has 0 aliphatic heterocycles. The minimum atomic E-state index is -1.37. The third-order valence-electron chi connectivity index (χ3n) is 2.35. The van der Waals surface area contributed by atoms with E-state index in [1.54, 1.807) is 0 Å². The largest absolute Gasteiger partial charge is 0.480 e. The first-order valence-electron chi connectivity index (χ1n) is 5.45. The molecular formula is C10H12N4O6. The Morgan fingerprint density at radius 3 is 2.50 bits per heavy atom. The molecular weight excluding hydrogens is 272 g/mol. The molecule has 0 unspecified atom stereocenters. The van der Waals surface area contributed by atoms with E-state index in [2.05, 4.69) is 10.3 Å². The molecule has 10 heteroatoms. The van der Waals surface area contributed by atoms with E-state index in [4.69, 9.17) is 10.8 Å². The third kappa shape index (κ3) is 4.08. The molecule has 0 radical (unpaired) electrons. The molecule has 2 amide bonds. The van der Waals surface area contributed by atoms with Gasteiger partial charge in [-0.25, -0.2) is 9.59 Å². The average molecular weight is 284 g/mol. The maximum atomic E-state index is 11.7. The highest BCUT2D eigenvalue weighted by Gasteiger charge is 2.22. The van der Waals surface area contributed by atoms with Crippen molar-refractivity contribution in [2.75, 3.05) is 0 Å². The second kappa shape index (κ2) is 6.31. The number of primary amides is 1. The molecule has 0 aliphatic carbocycles. The van der Waals surface area contributed by atoms with E-state index in [9.17, 15) is 24.0 Å². The van der Waals surface area contributed by atoms with Crippen molar-refractivity contribution in [1.82, 2.24) is 15.3 Å². The van der Waals surface area contributed by atoms with E-state index >= 15 is 0 Å². The van der Waals surface area contributed by atoms with Gasteiger partial charge in [0.25, 0.3) is 11.5 Å². The van der Waals surface area contributed by atoms with Crippen molar-refractivity contribution in [2.24, 2.45) is 5.73 Å². The fourth-order valence-corrected chi connectivity index (χ4v) is 1.36. The SMILES string of the molecule is NC(=O)CC[C@@H](NC(=O)c1c[nH]c(=O)[nH]c1=O)C(=O)O. The maximum Gasteiger partial charge on any atom is 0.326 e. The van der Waals surface area contributed by atoms with Gasteiger partial charge < -0.3 is 21.1 Å². The highest BCUT2D eigenvalue weighted by atomic mass is 16.4. The lowest BCUT2D eigenvalue weighted by atomic mass is 10.1. The van der Waals surface area contributed by atoms with Crippen LogP contribution in [0.25, 0.3) is 0 Å². The number of nitrogens with two attached hydrogens (primary N) is 1. The number of carboxylic acid groups (broad SMARTS) is 1. The predicted molar refractivity (Wildman–Crippen MR) is 65.0 cm³/mol. The summed E-state index contributed by atoms with van der Waals surface area (Å²) < 4.78 is 0. The number of H-pyrrole nitrogens is 2. The highest BCUT2D eigenvalue weighted by molar-refractivity contribution is 5.96. The summed E-state index contributed by atoms with van der Waals surface area (Å²) in [6, 6.07) is -1.37. The average Bonchev–Trinajstić information content (AvgIpc) is 2.33. The second-order valence-electron chi connectivity index (χ2n) is 3.85. The summed E-state index contributed by atoms with van der Waals surface area (Å²) in [5.41, 5.74) is 2.69. The molecule has 1 atom stereocenters. The summed E-state index contributed by atoms with van der Waals surface area (Å²) in [6.07, 6.45) is 0.417. The number of carboxylic acids is 1. The lowest BCUT2D eigenvalue weighted by Crippen LogP contribution is -2.43.